The summed E-state index contributed by atoms with van der Waals surface area (Å²) in [6, 6.07) is 4.74. The molecule has 0 aliphatic carbocycles. The maximum Gasteiger partial charge on any atom is 0.274 e. The highest BCUT2D eigenvalue weighted by atomic mass is 16.6. The Morgan fingerprint density at radius 3 is 2.80 bits per heavy atom. The van der Waals surface area contributed by atoms with E-state index < -0.39 is 4.92 Å². The van der Waals surface area contributed by atoms with Crippen molar-refractivity contribution in [2.45, 2.75) is 52.4 Å². The van der Waals surface area contributed by atoms with E-state index in [2.05, 4.69) is 15.5 Å². The van der Waals surface area contributed by atoms with Crippen LogP contribution >= 0.6 is 0 Å². The molecule has 25 heavy (non-hydrogen) atoms. The molecule has 8 heteroatoms. The summed E-state index contributed by atoms with van der Waals surface area (Å²) in [5.41, 5.74) is 1.09. The molecule has 1 aromatic heterocycles. The van der Waals surface area contributed by atoms with Gasteiger partial charge in [0.05, 0.1) is 4.92 Å². The number of nitrogens with zero attached hydrogens (tertiary/aromatic N) is 3. The first-order chi connectivity index (χ1) is 12.0. The van der Waals surface area contributed by atoms with Crippen LogP contribution in [0.2, 0.25) is 0 Å². The molecule has 134 valence electrons. The summed E-state index contributed by atoms with van der Waals surface area (Å²) in [5.74, 6) is 1.01. The molecule has 0 unspecified atom stereocenters. The minimum absolute atomic E-state index is 0.0228. The third-order valence-corrected chi connectivity index (χ3v) is 3.72. The van der Waals surface area contributed by atoms with E-state index in [4.69, 9.17) is 4.52 Å². The minimum Gasteiger partial charge on any atom is -0.339 e. The quantitative estimate of drug-likeness (QED) is 0.550. The van der Waals surface area contributed by atoms with Gasteiger partial charge in [0.25, 0.3) is 5.69 Å². The van der Waals surface area contributed by atoms with Crippen LogP contribution in [-0.4, -0.2) is 21.0 Å². The summed E-state index contributed by atoms with van der Waals surface area (Å²) >= 11 is 0. The molecule has 0 aliphatic heterocycles. The zero-order valence-corrected chi connectivity index (χ0v) is 14.4. The van der Waals surface area contributed by atoms with Gasteiger partial charge in [0.2, 0.25) is 11.8 Å². The van der Waals surface area contributed by atoms with E-state index >= 15 is 0 Å². The van der Waals surface area contributed by atoms with Crippen LogP contribution in [0.4, 0.5) is 11.4 Å². The van der Waals surface area contributed by atoms with Gasteiger partial charge in [-0.25, -0.2) is 0 Å². The number of benzene rings is 1. The second kappa shape index (κ2) is 8.91. The van der Waals surface area contributed by atoms with E-state index in [0.29, 0.717) is 42.2 Å². The van der Waals surface area contributed by atoms with Gasteiger partial charge in [-0.15, -0.1) is 0 Å². The molecule has 0 spiro atoms. The normalized spacial score (nSPS) is 10.6. The molecule has 0 aliphatic rings. The SMILES string of the molecule is CCCc1noc(CCCC(=O)Nc2ccc(CC)c([N+](=O)[O-])c2)n1. The minimum atomic E-state index is -0.433. The van der Waals surface area contributed by atoms with Gasteiger partial charge < -0.3 is 9.84 Å². The number of carbonyl (C=O) groups is 1. The molecule has 8 nitrogen and oxygen atoms in total. The van der Waals surface area contributed by atoms with Crippen molar-refractivity contribution in [2.75, 3.05) is 5.32 Å². The summed E-state index contributed by atoms with van der Waals surface area (Å²) in [5, 5.41) is 17.6. The Balaban J connectivity index is 1.85. The largest absolute Gasteiger partial charge is 0.339 e. The fourth-order valence-corrected chi connectivity index (χ4v) is 2.45. The first kappa shape index (κ1) is 18.6. The van der Waals surface area contributed by atoms with Crippen molar-refractivity contribution >= 4 is 17.3 Å². The first-order valence-electron chi connectivity index (χ1n) is 8.42. The number of nitrogens with one attached hydrogen (secondary N) is 1. The number of aromatic nitrogens is 2. The third kappa shape index (κ3) is 5.37. The second-order valence-corrected chi connectivity index (χ2v) is 5.71. The summed E-state index contributed by atoms with van der Waals surface area (Å²) in [6.45, 7) is 3.89. The summed E-state index contributed by atoms with van der Waals surface area (Å²) < 4.78 is 5.12. The van der Waals surface area contributed by atoms with E-state index in [-0.39, 0.29) is 18.0 Å². The smallest absolute Gasteiger partial charge is 0.274 e. The number of anilines is 1. The van der Waals surface area contributed by atoms with Gasteiger partial charge in [0.15, 0.2) is 5.82 Å². The van der Waals surface area contributed by atoms with Gasteiger partial charge in [0.1, 0.15) is 0 Å². The van der Waals surface area contributed by atoms with Crippen molar-refractivity contribution in [1.82, 2.24) is 10.1 Å². The molecule has 2 rings (SSSR count). The summed E-state index contributed by atoms with van der Waals surface area (Å²) in [6.07, 6.45) is 3.65. The van der Waals surface area contributed by atoms with Crippen LogP contribution in [0.1, 0.15) is 50.4 Å². The van der Waals surface area contributed by atoms with Gasteiger partial charge in [0, 0.05) is 36.6 Å². The van der Waals surface area contributed by atoms with E-state index in [1.54, 1.807) is 12.1 Å². The molecule has 1 heterocycles. The van der Waals surface area contributed by atoms with Gasteiger partial charge >= 0.3 is 0 Å². The Kier molecular flexibility index (Phi) is 6.62. The average Bonchev–Trinajstić information content (AvgIpc) is 3.02. The molecule has 0 radical (unpaired) electrons. The monoisotopic (exact) mass is 346 g/mol. The number of hydrogen-bond acceptors (Lipinski definition) is 6. The number of nitro groups is 1. The Morgan fingerprint density at radius 2 is 2.12 bits per heavy atom. The van der Waals surface area contributed by atoms with Crippen LogP contribution in [0.25, 0.3) is 0 Å². The van der Waals surface area contributed by atoms with Gasteiger partial charge in [-0.3, -0.25) is 14.9 Å². The molecular weight excluding hydrogens is 324 g/mol. The zero-order chi connectivity index (χ0) is 18.2. The lowest BCUT2D eigenvalue weighted by molar-refractivity contribution is -0.385. The van der Waals surface area contributed by atoms with E-state index in [9.17, 15) is 14.9 Å². The summed E-state index contributed by atoms with van der Waals surface area (Å²) in [7, 11) is 0. The standard InChI is InChI=1S/C17H22N4O4/c1-3-6-15-19-17(25-20-15)8-5-7-16(22)18-13-10-9-12(4-2)14(11-13)21(23)24/h9-11H,3-8H2,1-2H3,(H,18,22). The highest BCUT2D eigenvalue weighted by Gasteiger charge is 2.14. The van der Waals surface area contributed by atoms with E-state index in [1.165, 1.54) is 6.07 Å². The molecule has 1 aromatic carbocycles. The predicted molar refractivity (Wildman–Crippen MR) is 92.3 cm³/mol. The Hall–Kier alpha value is -2.77. The van der Waals surface area contributed by atoms with Crippen molar-refractivity contribution in [2.24, 2.45) is 0 Å². The van der Waals surface area contributed by atoms with Gasteiger partial charge in [-0.1, -0.05) is 25.1 Å². The van der Waals surface area contributed by atoms with E-state index in [0.717, 1.165) is 12.8 Å². The van der Waals surface area contributed by atoms with Crippen molar-refractivity contribution in [1.29, 1.82) is 0 Å². The van der Waals surface area contributed by atoms with E-state index in [1.807, 2.05) is 13.8 Å². The van der Waals surface area contributed by atoms with Crippen LogP contribution in [0, 0.1) is 10.1 Å². The highest BCUT2D eigenvalue weighted by molar-refractivity contribution is 5.91. The molecule has 0 saturated heterocycles. The fourth-order valence-electron chi connectivity index (χ4n) is 2.45. The Morgan fingerprint density at radius 1 is 1.32 bits per heavy atom. The summed E-state index contributed by atoms with van der Waals surface area (Å²) in [4.78, 5) is 26.9. The number of rotatable bonds is 9. The average molecular weight is 346 g/mol. The van der Waals surface area contributed by atoms with Crippen LogP contribution in [0.3, 0.4) is 0 Å². The Bertz CT molecular complexity index is 742. The lowest BCUT2D eigenvalue weighted by Gasteiger charge is -2.06. The molecule has 0 saturated carbocycles. The maximum atomic E-state index is 12.0. The third-order valence-electron chi connectivity index (χ3n) is 3.72. The van der Waals surface area contributed by atoms with Gasteiger partial charge in [-0.05, 0) is 25.3 Å². The number of amides is 1. The molecule has 0 atom stereocenters. The molecule has 1 amide bonds. The van der Waals surface area contributed by atoms with Crippen molar-refractivity contribution in [3.8, 4) is 0 Å². The second-order valence-electron chi connectivity index (χ2n) is 5.71. The number of hydrogen-bond donors (Lipinski definition) is 1. The lowest BCUT2D eigenvalue weighted by Crippen LogP contribution is -2.12. The van der Waals surface area contributed by atoms with Crippen molar-refractivity contribution in [3.63, 3.8) is 0 Å². The number of aryl methyl sites for hydroxylation is 3. The maximum absolute atomic E-state index is 12.0. The molecule has 1 N–H and O–H groups in total. The molecule has 0 fully saturated rings. The fraction of sp³-hybridized carbons (Fsp3) is 0.471. The molecule has 0 bridgehead atoms. The van der Waals surface area contributed by atoms with Crippen LogP contribution in [0.5, 0.6) is 0 Å². The van der Waals surface area contributed by atoms with Crippen molar-refractivity contribution in [3.05, 3.63) is 45.6 Å². The number of nitro benzene ring substituents is 1. The number of carbonyl (C=O) groups excluding carboxylic acids is 1. The van der Waals surface area contributed by atoms with Crippen LogP contribution in [0.15, 0.2) is 22.7 Å². The van der Waals surface area contributed by atoms with Crippen molar-refractivity contribution < 1.29 is 14.2 Å². The van der Waals surface area contributed by atoms with Gasteiger partial charge in [-0.2, -0.15) is 4.98 Å². The highest BCUT2D eigenvalue weighted by Crippen LogP contribution is 2.23. The topological polar surface area (TPSA) is 111 Å². The first-order valence-corrected chi connectivity index (χ1v) is 8.42. The molecule has 2 aromatic rings. The molecular formula is C17H22N4O4. The van der Waals surface area contributed by atoms with Crippen LogP contribution < -0.4 is 5.32 Å². The van der Waals surface area contributed by atoms with Crippen LogP contribution in [-0.2, 0) is 24.1 Å². The Labute approximate surface area is 145 Å². The zero-order valence-electron chi connectivity index (χ0n) is 14.4. The lowest BCUT2D eigenvalue weighted by atomic mass is 10.1. The predicted octanol–water partition coefficient (Wildman–Crippen LogP) is 3.45.